The van der Waals surface area contributed by atoms with Crippen molar-refractivity contribution in [3.63, 3.8) is 0 Å². The molecule has 0 amide bonds. The zero-order valence-electron chi connectivity index (χ0n) is 14.5. The Balaban J connectivity index is 1.58. The summed E-state index contributed by atoms with van der Waals surface area (Å²) in [5.74, 6) is 0.236. The van der Waals surface area contributed by atoms with Gasteiger partial charge in [0.05, 0.1) is 7.11 Å². The topological polar surface area (TPSA) is 61.8 Å². The number of hydrogen-bond acceptors (Lipinski definition) is 6. The molecular formula is C20H18O5S. The van der Waals surface area contributed by atoms with E-state index in [4.69, 9.17) is 14.2 Å². The molecule has 0 bridgehead atoms. The summed E-state index contributed by atoms with van der Waals surface area (Å²) >= 11 is 1.62. The fraction of sp³-hybridized carbons (Fsp3) is 0.200. The van der Waals surface area contributed by atoms with Crippen molar-refractivity contribution in [2.45, 2.75) is 13.5 Å². The van der Waals surface area contributed by atoms with E-state index >= 15 is 0 Å². The number of Topliss-reactive ketones (excluding diaryl/α,β-unsaturated/α-hetero) is 1. The molecule has 0 aliphatic heterocycles. The zero-order valence-corrected chi connectivity index (χ0v) is 15.3. The Hall–Kier alpha value is -2.86. The van der Waals surface area contributed by atoms with E-state index in [0.29, 0.717) is 17.1 Å². The summed E-state index contributed by atoms with van der Waals surface area (Å²) in [5, 5.41) is 3.08. The lowest BCUT2D eigenvalue weighted by Crippen LogP contribution is -2.15. The van der Waals surface area contributed by atoms with E-state index in [0.717, 1.165) is 15.6 Å². The molecule has 26 heavy (non-hydrogen) atoms. The Bertz CT molecular complexity index is 944. The average Bonchev–Trinajstić information content (AvgIpc) is 3.07. The Morgan fingerprint density at radius 1 is 1.08 bits per heavy atom. The van der Waals surface area contributed by atoms with Crippen molar-refractivity contribution in [2.24, 2.45) is 0 Å². The molecule has 0 spiro atoms. The first kappa shape index (κ1) is 17.9. The predicted octanol–water partition coefficient (Wildman–Crippen LogP) is 4.23. The van der Waals surface area contributed by atoms with Gasteiger partial charge in [0.15, 0.2) is 23.9 Å². The van der Waals surface area contributed by atoms with Crippen LogP contribution >= 0.6 is 11.3 Å². The molecular weight excluding hydrogens is 352 g/mol. The molecule has 1 heterocycles. The number of esters is 1. The molecule has 134 valence electrons. The van der Waals surface area contributed by atoms with E-state index in [-0.39, 0.29) is 19.0 Å². The van der Waals surface area contributed by atoms with Crippen LogP contribution < -0.4 is 9.47 Å². The van der Waals surface area contributed by atoms with Gasteiger partial charge >= 0.3 is 5.97 Å². The Morgan fingerprint density at radius 2 is 1.88 bits per heavy atom. The normalized spacial score (nSPS) is 10.5. The van der Waals surface area contributed by atoms with Crippen molar-refractivity contribution in [2.75, 3.05) is 13.7 Å². The highest BCUT2D eigenvalue weighted by Gasteiger charge is 2.12. The van der Waals surface area contributed by atoms with Gasteiger partial charge < -0.3 is 14.2 Å². The molecule has 0 unspecified atom stereocenters. The second kappa shape index (κ2) is 8.01. The van der Waals surface area contributed by atoms with Crippen LogP contribution in [0, 0.1) is 0 Å². The molecule has 5 nitrogen and oxygen atoms in total. The lowest BCUT2D eigenvalue weighted by Gasteiger charge is -2.11. The maximum absolute atomic E-state index is 12.0. The summed E-state index contributed by atoms with van der Waals surface area (Å²) in [4.78, 5) is 23.4. The first-order chi connectivity index (χ1) is 12.6. The van der Waals surface area contributed by atoms with E-state index < -0.39 is 5.97 Å². The van der Waals surface area contributed by atoms with E-state index in [1.807, 2.05) is 29.6 Å². The zero-order chi connectivity index (χ0) is 18.5. The summed E-state index contributed by atoms with van der Waals surface area (Å²) in [5.41, 5.74) is 1.49. The van der Waals surface area contributed by atoms with Crippen molar-refractivity contribution in [3.05, 3.63) is 59.0 Å². The van der Waals surface area contributed by atoms with Gasteiger partial charge in [0.2, 0.25) is 0 Å². The number of carbonyl (C=O) groups excluding carboxylic acids is 2. The molecule has 1 aromatic heterocycles. The van der Waals surface area contributed by atoms with Gasteiger partial charge in [0.1, 0.15) is 6.61 Å². The van der Waals surface area contributed by atoms with Gasteiger partial charge in [-0.25, -0.2) is 4.79 Å². The third kappa shape index (κ3) is 4.03. The average molecular weight is 370 g/mol. The molecule has 0 radical (unpaired) electrons. The second-order valence-corrected chi connectivity index (χ2v) is 6.54. The maximum Gasteiger partial charge on any atom is 0.344 e. The van der Waals surface area contributed by atoms with Crippen LogP contribution in [0.5, 0.6) is 11.5 Å². The third-order valence-corrected chi connectivity index (χ3v) is 4.88. The number of hydrogen-bond donors (Lipinski definition) is 0. The smallest absolute Gasteiger partial charge is 0.344 e. The molecule has 0 aliphatic carbocycles. The third-order valence-electron chi connectivity index (χ3n) is 3.87. The monoisotopic (exact) mass is 370 g/mol. The molecule has 0 fully saturated rings. The van der Waals surface area contributed by atoms with Gasteiger partial charge in [0, 0.05) is 15.8 Å². The Morgan fingerprint density at radius 3 is 2.65 bits per heavy atom. The summed E-state index contributed by atoms with van der Waals surface area (Å²) in [6.45, 7) is 1.44. The Labute approximate surface area is 155 Å². The molecule has 0 saturated heterocycles. The molecule has 3 rings (SSSR count). The number of ketones is 1. The number of carbonyl (C=O) groups is 2. The first-order valence-corrected chi connectivity index (χ1v) is 8.89. The lowest BCUT2D eigenvalue weighted by molar-refractivity contribution is -0.147. The van der Waals surface area contributed by atoms with Crippen LogP contribution in [0.4, 0.5) is 0 Å². The minimum atomic E-state index is -0.474. The van der Waals surface area contributed by atoms with Gasteiger partial charge in [-0.2, -0.15) is 0 Å². The number of thiophene rings is 1. The SMILES string of the molecule is COc1cc(C(C)=O)ccc1OCC(=O)OCc1csc2ccccc12. The van der Waals surface area contributed by atoms with Crippen LogP contribution in [-0.4, -0.2) is 25.5 Å². The van der Waals surface area contributed by atoms with Gasteiger partial charge in [0.25, 0.3) is 0 Å². The molecule has 0 aliphatic rings. The van der Waals surface area contributed by atoms with Crippen LogP contribution in [0.15, 0.2) is 47.8 Å². The molecule has 0 N–H and O–H groups in total. The van der Waals surface area contributed by atoms with Gasteiger partial charge in [-0.15, -0.1) is 11.3 Å². The summed E-state index contributed by atoms with van der Waals surface area (Å²) in [6, 6.07) is 12.8. The largest absolute Gasteiger partial charge is 0.493 e. The minimum Gasteiger partial charge on any atom is -0.493 e. The van der Waals surface area contributed by atoms with Gasteiger partial charge in [-0.1, -0.05) is 18.2 Å². The van der Waals surface area contributed by atoms with Crippen LogP contribution in [0.25, 0.3) is 10.1 Å². The molecule has 3 aromatic rings. The highest BCUT2D eigenvalue weighted by molar-refractivity contribution is 7.17. The highest BCUT2D eigenvalue weighted by atomic mass is 32.1. The van der Waals surface area contributed by atoms with Crippen LogP contribution in [0.2, 0.25) is 0 Å². The van der Waals surface area contributed by atoms with Crippen molar-refractivity contribution in [1.82, 2.24) is 0 Å². The number of methoxy groups -OCH3 is 1. The molecule has 6 heteroatoms. The van der Waals surface area contributed by atoms with E-state index in [9.17, 15) is 9.59 Å². The quantitative estimate of drug-likeness (QED) is 0.460. The number of fused-ring (bicyclic) bond motifs is 1. The summed E-state index contributed by atoms with van der Waals surface area (Å²) in [6.07, 6.45) is 0. The van der Waals surface area contributed by atoms with Crippen LogP contribution in [0.1, 0.15) is 22.8 Å². The maximum atomic E-state index is 12.0. The predicted molar refractivity (Wildman–Crippen MR) is 100 cm³/mol. The van der Waals surface area contributed by atoms with Crippen LogP contribution in [0.3, 0.4) is 0 Å². The number of rotatable bonds is 7. The second-order valence-electron chi connectivity index (χ2n) is 5.63. The van der Waals surface area contributed by atoms with Crippen LogP contribution in [-0.2, 0) is 16.1 Å². The van der Waals surface area contributed by atoms with E-state index in [2.05, 4.69) is 0 Å². The summed E-state index contributed by atoms with van der Waals surface area (Å²) in [7, 11) is 1.48. The number of benzene rings is 2. The van der Waals surface area contributed by atoms with E-state index in [1.54, 1.807) is 29.5 Å². The van der Waals surface area contributed by atoms with Crippen molar-refractivity contribution >= 4 is 33.2 Å². The van der Waals surface area contributed by atoms with Crippen molar-refractivity contribution < 1.29 is 23.8 Å². The fourth-order valence-electron chi connectivity index (χ4n) is 2.49. The standard InChI is InChI=1S/C20H18O5S/c1-13(21)14-7-8-17(18(9-14)23-2)24-11-20(22)25-10-15-12-26-19-6-4-3-5-16(15)19/h3-9,12H,10-11H2,1-2H3. The molecule has 0 saturated carbocycles. The van der Waals surface area contributed by atoms with Crippen molar-refractivity contribution in [1.29, 1.82) is 0 Å². The number of ether oxygens (including phenoxy) is 3. The lowest BCUT2D eigenvalue weighted by atomic mass is 10.1. The first-order valence-electron chi connectivity index (χ1n) is 8.01. The highest BCUT2D eigenvalue weighted by Crippen LogP contribution is 2.29. The molecule has 0 atom stereocenters. The fourth-order valence-corrected chi connectivity index (χ4v) is 3.43. The Kier molecular flexibility index (Phi) is 5.53. The van der Waals surface area contributed by atoms with Crippen molar-refractivity contribution in [3.8, 4) is 11.5 Å². The molecule has 2 aromatic carbocycles. The summed E-state index contributed by atoms with van der Waals surface area (Å²) < 4.78 is 17.1. The van der Waals surface area contributed by atoms with Gasteiger partial charge in [-0.05, 0) is 42.0 Å². The van der Waals surface area contributed by atoms with Gasteiger partial charge in [-0.3, -0.25) is 4.79 Å². The van der Waals surface area contributed by atoms with E-state index in [1.165, 1.54) is 14.0 Å². The minimum absolute atomic E-state index is 0.0720.